The number of fused-ring (bicyclic) bond motifs is 1. The molecule has 1 aliphatic rings. The van der Waals surface area contributed by atoms with E-state index in [2.05, 4.69) is 31.3 Å². The van der Waals surface area contributed by atoms with E-state index in [1.165, 1.54) is 17.3 Å². The summed E-state index contributed by atoms with van der Waals surface area (Å²) < 4.78 is 5.45. The minimum absolute atomic E-state index is 0.0913. The monoisotopic (exact) mass is 491 g/mol. The lowest BCUT2D eigenvalue weighted by Crippen LogP contribution is -2.16. The van der Waals surface area contributed by atoms with Crippen LogP contribution in [0.4, 0.5) is 17.1 Å². The molecule has 3 aromatic rings. The summed E-state index contributed by atoms with van der Waals surface area (Å²) in [6, 6.07) is 19.1. The molecule has 5 nitrogen and oxygen atoms in total. The van der Waals surface area contributed by atoms with Crippen molar-refractivity contribution in [3.63, 3.8) is 0 Å². The number of rotatable bonds is 6. The molecule has 0 saturated carbocycles. The van der Waals surface area contributed by atoms with E-state index >= 15 is 0 Å². The molecule has 0 spiro atoms. The molecule has 1 N–H and O–H groups in total. The summed E-state index contributed by atoms with van der Waals surface area (Å²) in [7, 11) is 0. The Morgan fingerprint density at radius 3 is 2.29 bits per heavy atom. The maximum atomic E-state index is 12.6. The van der Waals surface area contributed by atoms with Crippen molar-refractivity contribution in [1.29, 1.82) is 0 Å². The molecule has 0 aromatic heterocycles. The van der Waals surface area contributed by atoms with Gasteiger partial charge in [-0.25, -0.2) is 4.99 Å². The van der Waals surface area contributed by atoms with Crippen molar-refractivity contribution in [3.8, 4) is 5.75 Å². The van der Waals surface area contributed by atoms with Gasteiger partial charge in [0, 0.05) is 17.1 Å². The van der Waals surface area contributed by atoms with Crippen LogP contribution in [0.25, 0.3) is 0 Å². The number of nitrogens with zero attached hydrogens (tertiary/aromatic N) is 2. The van der Waals surface area contributed by atoms with Gasteiger partial charge in [0.25, 0.3) is 0 Å². The largest absolute Gasteiger partial charge is 0.494 e. The first-order valence-corrected chi connectivity index (χ1v) is 12.5. The van der Waals surface area contributed by atoms with E-state index in [-0.39, 0.29) is 11.7 Å². The Hall–Kier alpha value is -3.09. The third kappa shape index (κ3) is 6.07. The van der Waals surface area contributed by atoms with Crippen LogP contribution in [0.5, 0.6) is 5.75 Å². The van der Waals surface area contributed by atoms with Crippen LogP contribution >= 0.6 is 23.4 Å². The molecule has 0 unspecified atom stereocenters. The molecule has 4 rings (SSSR count). The molecule has 0 saturated heterocycles. The smallest absolute Gasteiger partial charge is 0.234 e. The number of hydrogen-bond acceptors (Lipinski definition) is 5. The van der Waals surface area contributed by atoms with Crippen molar-refractivity contribution < 1.29 is 9.53 Å². The summed E-state index contributed by atoms with van der Waals surface area (Å²) in [4.78, 5) is 22.5. The predicted molar refractivity (Wildman–Crippen MR) is 144 cm³/mol. The number of carbonyl (C=O) groups is 1. The predicted octanol–water partition coefficient (Wildman–Crippen LogP) is 7.28. The second-order valence-electron chi connectivity index (χ2n) is 7.97. The molecule has 1 amide bonds. The fraction of sp³-hybridized carbons (Fsp3) is 0.222. The fourth-order valence-electron chi connectivity index (χ4n) is 3.51. The van der Waals surface area contributed by atoms with Gasteiger partial charge in [-0.1, -0.05) is 23.7 Å². The molecule has 0 aliphatic carbocycles. The van der Waals surface area contributed by atoms with Crippen LogP contribution in [0.1, 0.15) is 30.0 Å². The van der Waals surface area contributed by atoms with Crippen LogP contribution in [-0.2, 0) is 4.79 Å². The van der Waals surface area contributed by atoms with E-state index in [9.17, 15) is 4.79 Å². The highest BCUT2D eigenvalue weighted by Crippen LogP contribution is 2.36. The maximum absolute atomic E-state index is 12.6. The molecule has 3 aromatic carbocycles. The highest BCUT2D eigenvalue weighted by Gasteiger charge is 2.18. The molecule has 1 aliphatic heterocycles. The highest BCUT2D eigenvalue weighted by molar-refractivity contribution is 8.14. The number of carbonyl (C=O) groups excluding carboxylic acids is 1. The molecule has 34 heavy (non-hydrogen) atoms. The van der Waals surface area contributed by atoms with Gasteiger partial charge in [0.1, 0.15) is 5.75 Å². The first kappa shape index (κ1) is 24.0. The summed E-state index contributed by atoms with van der Waals surface area (Å²) in [6.07, 6.45) is 0.537. The van der Waals surface area contributed by atoms with Crippen molar-refractivity contribution in [2.24, 2.45) is 9.98 Å². The number of thioether (sulfide) groups is 1. The van der Waals surface area contributed by atoms with Crippen LogP contribution < -0.4 is 10.1 Å². The third-order valence-electron chi connectivity index (χ3n) is 5.41. The quantitative estimate of drug-likeness (QED) is 0.394. The summed E-state index contributed by atoms with van der Waals surface area (Å²) in [5.74, 6) is 0.937. The topological polar surface area (TPSA) is 63.0 Å². The van der Waals surface area contributed by atoms with Crippen LogP contribution in [0.2, 0.25) is 5.02 Å². The summed E-state index contributed by atoms with van der Waals surface area (Å²) >= 11 is 7.52. The molecular weight excluding hydrogens is 466 g/mol. The number of aryl methyl sites for hydroxylation is 2. The van der Waals surface area contributed by atoms with Gasteiger partial charge in [-0.15, -0.1) is 11.8 Å². The van der Waals surface area contributed by atoms with Crippen molar-refractivity contribution in [1.82, 2.24) is 0 Å². The van der Waals surface area contributed by atoms with Gasteiger partial charge in [0.05, 0.1) is 34.5 Å². The Labute approximate surface area is 209 Å². The number of benzene rings is 3. The van der Waals surface area contributed by atoms with Gasteiger partial charge >= 0.3 is 0 Å². The Morgan fingerprint density at radius 2 is 1.65 bits per heavy atom. The lowest BCUT2D eigenvalue weighted by Gasteiger charge is -2.09. The number of hydrogen-bond donors (Lipinski definition) is 1. The first-order chi connectivity index (χ1) is 16.4. The molecule has 0 atom stereocenters. The van der Waals surface area contributed by atoms with Crippen molar-refractivity contribution in [2.75, 3.05) is 17.7 Å². The Bertz CT molecular complexity index is 1250. The third-order valence-corrected chi connectivity index (χ3v) is 6.63. The fourth-order valence-corrected chi connectivity index (χ4v) is 4.40. The molecule has 7 heteroatoms. The van der Waals surface area contributed by atoms with Crippen LogP contribution in [0, 0.1) is 13.8 Å². The zero-order valence-corrected chi connectivity index (χ0v) is 21.0. The minimum atomic E-state index is -0.0913. The number of halogens is 1. The van der Waals surface area contributed by atoms with E-state index in [0.717, 1.165) is 44.7 Å². The summed E-state index contributed by atoms with van der Waals surface area (Å²) in [5, 5.41) is 4.46. The Balaban J connectivity index is 1.52. The van der Waals surface area contributed by atoms with Crippen molar-refractivity contribution in [2.45, 2.75) is 27.2 Å². The lowest BCUT2D eigenvalue weighted by atomic mass is 10.1. The van der Waals surface area contributed by atoms with Crippen LogP contribution in [0.3, 0.4) is 0 Å². The standard InChI is InChI=1S/C27H26ClN3O2S/c1-4-33-22-11-9-21(10-12-22)29-26(32)16-34-27-15-23(19-5-7-20(28)8-6-19)30-24-13-17(2)18(3)14-25(24)31-27/h5-14H,4,15-16H2,1-3H3,(H,29,32). The number of ether oxygens (including phenoxy) is 1. The lowest BCUT2D eigenvalue weighted by molar-refractivity contribution is -0.113. The minimum Gasteiger partial charge on any atom is -0.494 e. The molecule has 0 bridgehead atoms. The van der Waals surface area contributed by atoms with Gasteiger partial charge in [-0.2, -0.15) is 0 Å². The zero-order valence-electron chi connectivity index (χ0n) is 19.4. The summed E-state index contributed by atoms with van der Waals surface area (Å²) in [6.45, 7) is 6.68. The highest BCUT2D eigenvalue weighted by atomic mass is 35.5. The van der Waals surface area contributed by atoms with E-state index in [1.807, 2.05) is 55.5 Å². The van der Waals surface area contributed by atoms with Crippen LogP contribution in [-0.4, -0.2) is 29.0 Å². The van der Waals surface area contributed by atoms with Gasteiger partial charge in [0.2, 0.25) is 5.91 Å². The second-order valence-corrected chi connectivity index (χ2v) is 9.45. The van der Waals surface area contributed by atoms with Crippen LogP contribution in [0.15, 0.2) is 70.6 Å². The number of amides is 1. The van der Waals surface area contributed by atoms with Gasteiger partial charge in [0.15, 0.2) is 0 Å². The second kappa shape index (κ2) is 10.9. The van der Waals surface area contributed by atoms with Crippen molar-refractivity contribution in [3.05, 3.63) is 82.4 Å². The van der Waals surface area contributed by atoms with E-state index in [4.69, 9.17) is 26.3 Å². The maximum Gasteiger partial charge on any atom is 0.234 e. The molecule has 0 fully saturated rings. The SMILES string of the molecule is CCOc1ccc(NC(=O)CSC2=Nc3cc(C)c(C)cc3N=C(c3ccc(Cl)cc3)C2)cc1. The van der Waals surface area contributed by atoms with E-state index in [0.29, 0.717) is 18.1 Å². The van der Waals surface area contributed by atoms with Gasteiger partial charge in [-0.05, 0) is 86.0 Å². The van der Waals surface area contributed by atoms with Gasteiger partial charge < -0.3 is 10.1 Å². The molecule has 1 heterocycles. The van der Waals surface area contributed by atoms with Crippen molar-refractivity contribution >= 4 is 57.1 Å². The normalized spacial score (nSPS) is 12.8. The first-order valence-electron chi connectivity index (χ1n) is 11.1. The number of aliphatic imine (C=N–C) groups is 2. The molecule has 0 radical (unpaired) electrons. The average Bonchev–Trinajstić information content (AvgIpc) is 2.99. The van der Waals surface area contributed by atoms with Gasteiger partial charge in [-0.3, -0.25) is 9.79 Å². The van der Waals surface area contributed by atoms with E-state index in [1.54, 1.807) is 0 Å². The number of anilines is 1. The van der Waals surface area contributed by atoms with E-state index < -0.39 is 0 Å². The Morgan fingerprint density at radius 1 is 1.00 bits per heavy atom. The molecular formula is C27H26ClN3O2S. The average molecular weight is 492 g/mol. The zero-order chi connectivity index (χ0) is 24.1. The molecule has 174 valence electrons. The Kier molecular flexibility index (Phi) is 7.70. The summed E-state index contributed by atoms with van der Waals surface area (Å²) in [5.41, 5.74) is 6.60. The number of nitrogens with one attached hydrogen (secondary N) is 1.